The number of fused-ring (bicyclic) bond motifs is 1. The van der Waals surface area contributed by atoms with Gasteiger partial charge in [-0.25, -0.2) is 0 Å². The molecule has 1 aromatic carbocycles. The summed E-state index contributed by atoms with van der Waals surface area (Å²) in [5.74, 6) is -0.416. The number of benzene rings is 1. The summed E-state index contributed by atoms with van der Waals surface area (Å²) in [6, 6.07) is 4.88. The number of ether oxygens (including phenoxy) is 2. The van der Waals surface area contributed by atoms with Crippen molar-refractivity contribution in [3.05, 3.63) is 23.2 Å². The number of hydrogen-bond acceptors (Lipinski definition) is 4. The highest BCUT2D eigenvalue weighted by atomic mass is 35.5. The average Bonchev–Trinajstić information content (AvgIpc) is 2.49. The van der Waals surface area contributed by atoms with Crippen molar-refractivity contribution in [3.63, 3.8) is 0 Å². The molecule has 0 saturated carbocycles. The van der Waals surface area contributed by atoms with Gasteiger partial charge in [0.05, 0.1) is 18.9 Å². The summed E-state index contributed by atoms with van der Waals surface area (Å²) in [4.78, 5) is 26.5. The number of halogens is 1. The van der Waals surface area contributed by atoms with Gasteiger partial charge in [-0.3, -0.25) is 9.59 Å². The van der Waals surface area contributed by atoms with Crippen LogP contribution in [0.3, 0.4) is 0 Å². The summed E-state index contributed by atoms with van der Waals surface area (Å²) in [5.41, 5.74) is -1.10. The van der Waals surface area contributed by atoms with Crippen LogP contribution in [0.2, 0.25) is 5.02 Å². The summed E-state index contributed by atoms with van der Waals surface area (Å²) in [5, 5.41) is 3.17. The summed E-state index contributed by atoms with van der Waals surface area (Å²) in [6.45, 7) is 3.33. The third-order valence-corrected chi connectivity index (χ3v) is 3.88. The third kappa shape index (κ3) is 2.45. The second kappa shape index (κ2) is 5.20. The molecule has 2 heterocycles. The first-order valence-corrected chi connectivity index (χ1v) is 7.05. The number of anilines is 1. The standard InChI is InChI=1S/C14H15ClN2O4/c1-14(13(19)17-4-6-20-7-5-17)12(18)16-10-8-9(15)2-3-11(10)21-14/h2-3,8H,4-7H2,1H3,(H,16,18)/t14-/m1/s1. The summed E-state index contributed by atoms with van der Waals surface area (Å²) >= 11 is 5.88. The quantitative estimate of drug-likeness (QED) is 0.794. The van der Waals surface area contributed by atoms with E-state index in [4.69, 9.17) is 21.1 Å². The second-order valence-electron chi connectivity index (χ2n) is 5.13. The largest absolute Gasteiger partial charge is 0.466 e. The number of amides is 2. The van der Waals surface area contributed by atoms with Crippen LogP contribution in [-0.4, -0.2) is 48.6 Å². The van der Waals surface area contributed by atoms with Crippen LogP contribution in [-0.2, 0) is 14.3 Å². The molecule has 3 rings (SSSR count). The average molecular weight is 311 g/mol. The molecule has 1 atom stereocenters. The third-order valence-electron chi connectivity index (χ3n) is 3.64. The van der Waals surface area contributed by atoms with E-state index in [0.717, 1.165) is 0 Å². The van der Waals surface area contributed by atoms with E-state index in [2.05, 4.69) is 5.32 Å². The lowest BCUT2D eigenvalue weighted by Crippen LogP contribution is -2.61. The van der Waals surface area contributed by atoms with Crippen molar-refractivity contribution in [1.82, 2.24) is 4.90 Å². The Morgan fingerprint density at radius 2 is 2.10 bits per heavy atom. The van der Waals surface area contributed by atoms with E-state index in [9.17, 15) is 9.59 Å². The van der Waals surface area contributed by atoms with Gasteiger partial charge in [0.2, 0.25) is 0 Å². The van der Waals surface area contributed by atoms with Gasteiger partial charge < -0.3 is 19.7 Å². The number of carbonyl (C=O) groups is 2. The maximum absolute atomic E-state index is 12.6. The first-order valence-electron chi connectivity index (χ1n) is 6.68. The number of nitrogens with zero attached hydrogens (tertiary/aromatic N) is 1. The minimum atomic E-state index is -1.57. The lowest BCUT2D eigenvalue weighted by molar-refractivity contribution is -0.157. The SMILES string of the molecule is C[C@@]1(C(=O)N2CCOCC2)Oc2ccc(Cl)cc2NC1=O. The number of hydrogen-bond donors (Lipinski definition) is 1. The van der Waals surface area contributed by atoms with Gasteiger partial charge in [0.15, 0.2) is 0 Å². The molecule has 1 saturated heterocycles. The van der Waals surface area contributed by atoms with E-state index in [1.165, 1.54) is 6.92 Å². The summed E-state index contributed by atoms with van der Waals surface area (Å²) in [6.07, 6.45) is 0. The Morgan fingerprint density at radius 1 is 1.38 bits per heavy atom. The summed E-state index contributed by atoms with van der Waals surface area (Å²) < 4.78 is 10.9. The minimum Gasteiger partial charge on any atom is -0.466 e. The fourth-order valence-corrected chi connectivity index (χ4v) is 2.58. The molecule has 0 bridgehead atoms. The van der Waals surface area contributed by atoms with Crippen LogP contribution in [0.1, 0.15) is 6.92 Å². The molecular weight excluding hydrogens is 296 g/mol. The molecule has 21 heavy (non-hydrogen) atoms. The molecular formula is C14H15ClN2O4. The Bertz CT molecular complexity index is 601. The molecule has 0 aromatic heterocycles. The van der Waals surface area contributed by atoms with Crippen molar-refractivity contribution < 1.29 is 19.1 Å². The molecule has 112 valence electrons. The predicted molar refractivity (Wildman–Crippen MR) is 76.5 cm³/mol. The Morgan fingerprint density at radius 3 is 2.81 bits per heavy atom. The zero-order chi connectivity index (χ0) is 15.0. The summed E-state index contributed by atoms with van der Waals surface area (Å²) in [7, 11) is 0. The van der Waals surface area contributed by atoms with Crippen molar-refractivity contribution in [2.75, 3.05) is 31.6 Å². The topological polar surface area (TPSA) is 67.9 Å². The van der Waals surface area contributed by atoms with Gasteiger partial charge in [-0.2, -0.15) is 0 Å². The lowest BCUT2D eigenvalue weighted by atomic mass is 10.0. The van der Waals surface area contributed by atoms with Gasteiger partial charge in [-0.05, 0) is 25.1 Å². The van der Waals surface area contributed by atoms with Crippen LogP contribution >= 0.6 is 11.6 Å². The maximum atomic E-state index is 12.6. The zero-order valence-corrected chi connectivity index (χ0v) is 12.3. The molecule has 6 nitrogen and oxygen atoms in total. The first-order chi connectivity index (χ1) is 10.0. The van der Waals surface area contributed by atoms with E-state index in [0.29, 0.717) is 42.8 Å². The van der Waals surface area contributed by atoms with Crippen LogP contribution in [0.15, 0.2) is 18.2 Å². The Hall–Kier alpha value is -1.79. The van der Waals surface area contributed by atoms with Crippen LogP contribution in [0.5, 0.6) is 5.75 Å². The van der Waals surface area contributed by atoms with E-state index in [1.807, 2.05) is 0 Å². The predicted octanol–water partition coefficient (Wildman–Crippen LogP) is 1.29. The molecule has 1 aromatic rings. The van der Waals surface area contributed by atoms with Crippen molar-refractivity contribution in [1.29, 1.82) is 0 Å². The van der Waals surface area contributed by atoms with Crippen LogP contribution in [0.4, 0.5) is 5.69 Å². The van der Waals surface area contributed by atoms with E-state index in [-0.39, 0.29) is 5.91 Å². The number of morpholine rings is 1. The normalized spacial score (nSPS) is 24.9. The van der Waals surface area contributed by atoms with Crippen molar-refractivity contribution in [3.8, 4) is 5.75 Å². The van der Waals surface area contributed by atoms with Gasteiger partial charge >= 0.3 is 0 Å². The fraction of sp³-hybridized carbons (Fsp3) is 0.429. The van der Waals surface area contributed by atoms with Crippen molar-refractivity contribution >= 4 is 29.1 Å². The van der Waals surface area contributed by atoms with Crippen molar-refractivity contribution in [2.45, 2.75) is 12.5 Å². The highest BCUT2D eigenvalue weighted by Gasteiger charge is 2.49. The second-order valence-corrected chi connectivity index (χ2v) is 5.57. The van der Waals surface area contributed by atoms with E-state index < -0.39 is 11.5 Å². The van der Waals surface area contributed by atoms with Gasteiger partial charge in [0.1, 0.15) is 5.75 Å². The highest BCUT2D eigenvalue weighted by molar-refractivity contribution is 6.31. The molecule has 2 aliphatic heterocycles. The van der Waals surface area contributed by atoms with Gasteiger partial charge in [-0.1, -0.05) is 11.6 Å². The Balaban J connectivity index is 1.88. The molecule has 0 radical (unpaired) electrons. The van der Waals surface area contributed by atoms with Crippen LogP contribution in [0, 0.1) is 0 Å². The Kier molecular flexibility index (Phi) is 3.51. The number of rotatable bonds is 1. The zero-order valence-electron chi connectivity index (χ0n) is 11.5. The fourth-order valence-electron chi connectivity index (χ4n) is 2.41. The monoisotopic (exact) mass is 310 g/mol. The first kappa shape index (κ1) is 14.2. The molecule has 2 amide bonds. The molecule has 2 aliphatic rings. The number of carbonyl (C=O) groups excluding carboxylic acids is 2. The van der Waals surface area contributed by atoms with Crippen molar-refractivity contribution in [2.24, 2.45) is 0 Å². The molecule has 7 heteroatoms. The smallest absolute Gasteiger partial charge is 0.278 e. The maximum Gasteiger partial charge on any atom is 0.278 e. The highest BCUT2D eigenvalue weighted by Crippen LogP contribution is 2.36. The molecule has 0 unspecified atom stereocenters. The molecule has 0 aliphatic carbocycles. The molecule has 1 fully saturated rings. The van der Waals surface area contributed by atoms with Gasteiger partial charge in [0, 0.05) is 18.1 Å². The van der Waals surface area contributed by atoms with Gasteiger partial charge in [-0.15, -0.1) is 0 Å². The van der Waals surface area contributed by atoms with Gasteiger partial charge in [0.25, 0.3) is 17.4 Å². The van der Waals surface area contributed by atoms with Crippen LogP contribution < -0.4 is 10.1 Å². The Labute approximate surface area is 127 Å². The molecule has 0 spiro atoms. The molecule has 1 N–H and O–H groups in total. The number of nitrogens with one attached hydrogen (secondary N) is 1. The lowest BCUT2D eigenvalue weighted by Gasteiger charge is -2.38. The van der Waals surface area contributed by atoms with Crippen LogP contribution in [0.25, 0.3) is 0 Å². The van der Waals surface area contributed by atoms with E-state index in [1.54, 1.807) is 23.1 Å². The van der Waals surface area contributed by atoms with E-state index >= 15 is 0 Å². The minimum absolute atomic E-state index is 0.357.